The van der Waals surface area contributed by atoms with E-state index in [1.165, 1.54) is 16.4 Å². The van der Waals surface area contributed by atoms with Crippen molar-refractivity contribution in [3.05, 3.63) is 64.7 Å². The molecule has 1 saturated heterocycles. The summed E-state index contributed by atoms with van der Waals surface area (Å²) in [4.78, 5) is 12.7. The summed E-state index contributed by atoms with van der Waals surface area (Å²) < 4.78 is 27.1. The van der Waals surface area contributed by atoms with Gasteiger partial charge in [0.05, 0.1) is 11.1 Å². The van der Waals surface area contributed by atoms with E-state index in [0.29, 0.717) is 13.1 Å². The Bertz CT molecular complexity index is 910. The maximum Gasteiger partial charge on any atom is 0.251 e. The Morgan fingerprint density at radius 1 is 1.15 bits per heavy atom. The van der Waals surface area contributed by atoms with E-state index >= 15 is 0 Å². The third-order valence-corrected chi connectivity index (χ3v) is 7.17. The number of carbonyl (C=O) groups excluding carboxylic acids is 1. The number of carbonyl (C=O) groups is 1. The summed E-state index contributed by atoms with van der Waals surface area (Å²) in [5.41, 5.74) is 1.29. The van der Waals surface area contributed by atoms with Crippen molar-refractivity contribution in [2.75, 3.05) is 13.1 Å². The Morgan fingerprint density at radius 3 is 2.44 bits per heavy atom. The predicted octanol–water partition coefficient (Wildman–Crippen LogP) is 4.01. The van der Waals surface area contributed by atoms with Gasteiger partial charge in [-0.05, 0) is 43.0 Å². The molecule has 3 rings (SSSR count). The van der Waals surface area contributed by atoms with Gasteiger partial charge in [0.15, 0.2) is 0 Å². The van der Waals surface area contributed by atoms with E-state index in [2.05, 4.69) is 5.32 Å². The average Bonchev–Trinajstić information content (AvgIpc) is 3.22. The molecule has 0 aromatic heterocycles. The van der Waals surface area contributed by atoms with E-state index in [4.69, 9.17) is 11.6 Å². The number of amides is 1. The first kappa shape index (κ1) is 19.9. The number of sulfonamides is 1. The quantitative estimate of drug-likeness (QED) is 0.788. The zero-order chi connectivity index (χ0) is 19.4. The zero-order valence-electron chi connectivity index (χ0n) is 15.2. The van der Waals surface area contributed by atoms with Crippen LogP contribution in [0.25, 0.3) is 0 Å². The van der Waals surface area contributed by atoms with Crippen LogP contribution in [0.2, 0.25) is 5.02 Å². The van der Waals surface area contributed by atoms with Gasteiger partial charge in [-0.1, -0.05) is 48.9 Å². The summed E-state index contributed by atoms with van der Waals surface area (Å²) in [6, 6.07) is 13.9. The van der Waals surface area contributed by atoms with Gasteiger partial charge in [-0.2, -0.15) is 4.31 Å². The first-order valence-electron chi connectivity index (χ1n) is 9.09. The first-order chi connectivity index (χ1) is 12.9. The Balaban J connectivity index is 1.85. The Kier molecular flexibility index (Phi) is 6.19. The summed E-state index contributed by atoms with van der Waals surface area (Å²) in [7, 11) is -3.69. The molecular formula is C20H23ClN2O3S. The Morgan fingerprint density at radius 2 is 1.81 bits per heavy atom. The van der Waals surface area contributed by atoms with Crippen molar-refractivity contribution in [1.82, 2.24) is 9.62 Å². The molecular weight excluding hydrogens is 384 g/mol. The summed E-state index contributed by atoms with van der Waals surface area (Å²) in [6.07, 6.45) is 2.40. The van der Waals surface area contributed by atoms with Crippen LogP contribution < -0.4 is 5.32 Å². The van der Waals surface area contributed by atoms with Crippen LogP contribution in [0, 0.1) is 0 Å². The van der Waals surface area contributed by atoms with Crippen LogP contribution in [0.1, 0.15) is 48.1 Å². The van der Waals surface area contributed by atoms with Crippen molar-refractivity contribution >= 4 is 27.5 Å². The highest BCUT2D eigenvalue weighted by molar-refractivity contribution is 7.89. The molecule has 2 aromatic carbocycles. The summed E-state index contributed by atoms with van der Waals surface area (Å²) in [6.45, 7) is 2.96. The minimum atomic E-state index is -3.69. The van der Waals surface area contributed by atoms with Crippen LogP contribution in [0.15, 0.2) is 53.4 Å². The summed E-state index contributed by atoms with van der Waals surface area (Å²) in [5.74, 6) is -0.319. The molecule has 0 bridgehead atoms. The second-order valence-corrected chi connectivity index (χ2v) is 8.91. The van der Waals surface area contributed by atoms with E-state index in [0.717, 1.165) is 24.8 Å². The molecule has 1 unspecified atom stereocenters. The lowest BCUT2D eigenvalue weighted by Gasteiger charge is -2.19. The van der Waals surface area contributed by atoms with Gasteiger partial charge in [-0.15, -0.1) is 0 Å². The molecule has 1 atom stereocenters. The van der Waals surface area contributed by atoms with E-state index in [9.17, 15) is 13.2 Å². The molecule has 1 aliphatic rings. The largest absolute Gasteiger partial charge is 0.345 e. The normalized spacial score (nSPS) is 16.2. The van der Waals surface area contributed by atoms with Crippen LogP contribution in [-0.2, 0) is 10.0 Å². The third-order valence-electron chi connectivity index (χ3n) is 4.79. The second-order valence-electron chi connectivity index (χ2n) is 6.60. The van der Waals surface area contributed by atoms with Crippen molar-refractivity contribution in [2.45, 2.75) is 37.1 Å². The van der Waals surface area contributed by atoms with Crippen molar-refractivity contribution in [3.63, 3.8) is 0 Å². The van der Waals surface area contributed by atoms with Crippen LogP contribution in [-0.4, -0.2) is 31.7 Å². The van der Waals surface area contributed by atoms with Crippen LogP contribution in [0.3, 0.4) is 0 Å². The number of halogens is 1. The van der Waals surface area contributed by atoms with Crippen LogP contribution in [0.4, 0.5) is 0 Å². The van der Waals surface area contributed by atoms with Gasteiger partial charge in [-0.25, -0.2) is 8.42 Å². The maximum absolute atomic E-state index is 12.8. The third kappa shape index (κ3) is 4.34. The lowest BCUT2D eigenvalue weighted by Crippen LogP contribution is -2.30. The molecule has 0 radical (unpaired) electrons. The predicted molar refractivity (Wildman–Crippen MR) is 106 cm³/mol. The number of hydrogen-bond acceptors (Lipinski definition) is 3. The molecule has 7 heteroatoms. The van der Waals surface area contributed by atoms with E-state index in [-0.39, 0.29) is 27.4 Å². The molecule has 1 N–H and O–H groups in total. The average molecular weight is 407 g/mol. The van der Waals surface area contributed by atoms with Gasteiger partial charge in [0.2, 0.25) is 10.0 Å². The lowest BCUT2D eigenvalue weighted by atomic mass is 10.0. The molecule has 1 aliphatic heterocycles. The van der Waals surface area contributed by atoms with Gasteiger partial charge >= 0.3 is 0 Å². The summed E-state index contributed by atoms with van der Waals surface area (Å²) in [5, 5.41) is 3.11. The molecule has 144 valence electrons. The van der Waals surface area contributed by atoms with Gasteiger partial charge in [-0.3, -0.25) is 4.79 Å². The van der Waals surface area contributed by atoms with Gasteiger partial charge in [0.25, 0.3) is 5.91 Å². The molecule has 1 heterocycles. The smallest absolute Gasteiger partial charge is 0.251 e. The van der Waals surface area contributed by atoms with Crippen molar-refractivity contribution in [1.29, 1.82) is 0 Å². The van der Waals surface area contributed by atoms with Gasteiger partial charge in [0, 0.05) is 18.7 Å². The Labute approximate surface area is 165 Å². The second kappa shape index (κ2) is 8.42. The fraction of sp³-hybridized carbons (Fsp3) is 0.350. The number of nitrogens with zero attached hydrogens (tertiary/aromatic N) is 1. The maximum atomic E-state index is 12.8. The number of benzene rings is 2. The monoisotopic (exact) mass is 406 g/mol. The molecule has 2 aromatic rings. The highest BCUT2D eigenvalue weighted by atomic mass is 35.5. The molecule has 1 fully saturated rings. The summed E-state index contributed by atoms with van der Waals surface area (Å²) >= 11 is 6.16. The molecule has 1 amide bonds. The molecule has 5 nitrogen and oxygen atoms in total. The fourth-order valence-corrected chi connectivity index (χ4v) is 5.28. The topological polar surface area (TPSA) is 66.5 Å². The van der Waals surface area contributed by atoms with Gasteiger partial charge < -0.3 is 5.32 Å². The van der Waals surface area contributed by atoms with Crippen molar-refractivity contribution < 1.29 is 13.2 Å². The molecule has 0 aliphatic carbocycles. The Hall–Kier alpha value is -1.89. The van der Waals surface area contributed by atoms with E-state index < -0.39 is 10.0 Å². The van der Waals surface area contributed by atoms with Crippen molar-refractivity contribution in [2.24, 2.45) is 0 Å². The highest BCUT2D eigenvalue weighted by Crippen LogP contribution is 2.28. The highest BCUT2D eigenvalue weighted by Gasteiger charge is 2.30. The van der Waals surface area contributed by atoms with E-state index in [1.807, 2.05) is 37.3 Å². The minimum Gasteiger partial charge on any atom is -0.345 e. The molecule has 0 spiro atoms. The number of hydrogen-bond donors (Lipinski definition) is 1. The molecule has 0 saturated carbocycles. The SMILES string of the molecule is CCC(NC(=O)c1ccc(Cl)c(S(=O)(=O)N2CCCC2)c1)c1ccccc1. The van der Waals surface area contributed by atoms with Crippen LogP contribution in [0.5, 0.6) is 0 Å². The zero-order valence-corrected chi connectivity index (χ0v) is 16.8. The molecule has 27 heavy (non-hydrogen) atoms. The number of nitrogens with one attached hydrogen (secondary N) is 1. The minimum absolute atomic E-state index is 0.00789. The van der Waals surface area contributed by atoms with E-state index in [1.54, 1.807) is 6.07 Å². The van der Waals surface area contributed by atoms with Crippen LogP contribution >= 0.6 is 11.6 Å². The van der Waals surface area contributed by atoms with Gasteiger partial charge in [0.1, 0.15) is 4.90 Å². The van der Waals surface area contributed by atoms with Crippen molar-refractivity contribution in [3.8, 4) is 0 Å². The first-order valence-corrected chi connectivity index (χ1v) is 10.9. The lowest BCUT2D eigenvalue weighted by molar-refractivity contribution is 0.0935. The standard InChI is InChI=1S/C20H23ClN2O3S/c1-2-18(15-8-4-3-5-9-15)22-20(24)16-10-11-17(21)19(14-16)27(25,26)23-12-6-7-13-23/h3-5,8-11,14,18H,2,6-7,12-13H2,1H3,(H,22,24). The number of rotatable bonds is 6. The fourth-order valence-electron chi connectivity index (χ4n) is 3.26.